The second-order valence-corrected chi connectivity index (χ2v) is 7.17. The molecular weight excluding hydrogens is 410 g/mol. The molecule has 2 N–H and O–H groups in total. The van der Waals surface area contributed by atoms with Gasteiger partial charge in [-0.05, 0) is 35.9 Å². The number of hydrogen-bond donors (Lipinski definition) is 2. The number of methoxy groups -OCH3 is 2. The molecule has 1 amide bonds. The lowest BCUT2D eigenvalue weighted by Crippen LogP contribution is -2.39. The summed E-state index contributed by atoms with van der Waals surface area (Å²) in [4.78, 5) is 24.3. The number of ether oxygens (including phenoxy) is 3. The van der Waals surface area contributed by atoms with E-state index in [4.69, 9.17) is 25.8 Å². The lowest BCUT2D eigenvalue weighted by molar-refractivity contribution is -0.156. The average molecular weight is 432 g/mol. The molecule has 0 aliphatic carbocycles. The molecule has 1 heterocycles. The van der Waals surface area contributed by atoms with E-state index in [-0.39, 0.29) is 30.5 Å². The summed E-state index contributed by atoms with van der Waals surface area (Å²) in [5.74, 6) is -0.260. The van der Waals surface area contributed by atoms with Gasteiger partial charge in [0.05, 0.1) is 31.4 Å². The fourth-order valence-electron chi connectivity index (χ4n) is 3.26. The maximum Gasteiger partial charge on any atom is 0.340 e. The lowest BCUT2D eigenvalue weighted by atomic mass is 9.93. The molecule has 1 aliphatic rings. The number of carbonyl (C=O) groups excluding carboxylic acids is 1. The highest BCUT2D eigenvalue weighted by atomic mass is 35.5. The molecule has 8 heteroatoms. The Morgan fingerprint density at radius 3 is 2.60 bits per heavy atom. The SMILES string of the molecule is COc1ccc(C(=O)NCc2cc(CC3(C(=O)O)C=CCO3)ccc2OC)c(Cl)c1. The Labute approximate surface area is 179 Å². The summed E-state index contributed by atoms with van der Waals surface area (Å²) in [7, 11) is 3.05. The van der Waals surface area contributed by atoms with Gasteiger partial charge in [-0.25, -0.2) is 4.79 Å². The first-order chi connectivity index (χ1) is 14.4. The van der Waals surface area contributed by atoms with Crippen molar-refractivity contribution in [3.8, 4) is 11.5 Å². The van der Waals surface area contributed by atoms with Crippen LogP contribution in [0.1, 0.15) is 21.5 Å². The molecule has 7 nitrogen and oxygen atoms in total. The number of carboxylic acid groups (broad SMARTS) is 1. The third-order valence-corrected chi connectivity index (χ3v) is 5.17. The zero-order valence-corrected chi connectivity index (χ0v) is 17.4. The molecule has 0 saturated carbocycles. The summed E-state index contributed by atoms with van der Waals surface area (Å²) < 4.78 is 15.9. The van der Waals surface area contributed by atoms with Crippen molar-refractivity contribution in [3.05, 3.63) is 70.3 Å². The molecule has 0 fully saturated rings. The van der Waals surface area contributed by atoms with Crippen LogP contribution in [0.2, 0.25) is 5.02 Å². The van der Waals surface area contributed by atoms with E-state index in [0.717, 1.165) is 5.56 Å². The van der Waals surface area contributed by atoms with Gasteiger partial charge < -0.3 is 24.6 Å². The fraction of sp³-hybridized carbons (Fsp3) is 0.273. The minimum absolute atomic E-state index is 0.161. The highest BCUT2D eigenvalue weighted by Gasteiger charge is 2.39. The van der Waals surface area contributed by atoms with Crippen LogP contribution in [-0.2, 0) is 22.5 Å². The van der Waals surface area contributed by atoms with Crippen LogP contribution in [0.4, 0.5) is 0 Å². The van der Waals surface area contributed by atoms with Crippen LogP contribution in [0.3, 0.4) is 0 Å². The first-order valence-electron chi connectivity index (χ1n) is 9.21. The Morgan fingerprint density at radius 2 is 2.00 bits per heavy atom. The largest absolute Gasteiger partial charge is 0.497 e. The van der Waals surface area contributed by atoms with E-state index in [0.29, 0.717) is 22.6 Å². The van der Waals surface area contributed by atoms with Gasteiger partial charge in [-0.15, -0.1) is 0 Å². The van der Waals surface area contributed by atoms with E-state index >= 15 is 0 Å². The summed E-state index contributed by atoms with van der Waals surface area (Å²) in [6.07, 6.45) is 3.41. The van der Waals surface area contributed by atoms with Gasteiger partial charge in [-0.3, -0.25) is 4.79 Å². The van der Waals surface area contributed by atoms with Gasteiger partial charge in [0.25, 0.3) is 5.91 Å². The minimum Gasteiger partial charge on any atom is -0.497 e. The Bertz CT molecular complexity index is 990. The molecule has 2 aromatic carbocycles. The molecule has 0 aromatic heterocycles. The summed E-state index contributed by atoms with van der Waals surface area (Å²) in [5, 5.41) is 12.7. The number of aliphatic carboxylic acids is 1. The zero-order valence-electron chi connectivity index (χ0n) is 16.6. The molecule has 1 aliphatic heterocycles. The van der Waals surface area contributed by atoms with E-state index in [9.17, 15) is 14.7 Å². The third kappa shape index (κ3) is 4.58. The first kappa shape index (κ1) is 21.7. The molecule has 3 rings (SSSR count). The zero-order chi connectivity index (χ0) is 21.7. The van der Waals surface area contributed by atoms with Gasteiger partial charge in [-0.2, -0.15) is 0 Å². The molecule has 30 heavy (non-hydrogen) atoms. The summed E-state index contributed by atoms with van der Waals surface area (Å²) in [5.41, 5.74) is 0.389. The fourth-order valence-corrected chi connectivity index (χ4v) is 3.52. The van der Waals surface area contributed by atoms with Gasteiger partial charge in [0, 0.05) is 18.5 Å². The van der Waals surface area contributed by atoms with E-state index in [1.165, 1.54) is 14.2 Å². The van der Waals surface area contributed by atoms with E-state index in [2.05, 4.69) is 5.32 Å². The standard InChI is InChI=1S/C22H22ClNO6/c1-28-16-5-6-17(18(23)11-16)20(25)24-13-15-10-14(4-7-19(15)29-2)12-22(21(26)27)8-3-9-30-22/h3-8,10-11H,9,12-13H2,1-2H3,(H,24,25)(H,26,27). The Kier molecular flexibility index (Phi) is 6.64. The molecule has 1 unspecified atom stereocenters. The number of benzene rings is 2. The van der Waals surface area contributed by atoms with Crippen LogP contribution in [0.5, 0.6) is 11.5 Å². The van der Waals surface area contributed by atoms with Crippen molar-refractivity contribution in [2.45, 2.75) is 18.6 Å². The summed E-state index contributed by atoms with van der Waals surface area (Å²) in [6, 6.07) is 10.1. The number of carboxylic acids is 1. The molecule has 0 bridgehead atoms. The van der Waals surface area contributed by atoms with Crippen LogP contribution in [0, 0.1) is 0 Å². The highest BCUT2D eigenvalue weighted by molar-refractivity contribution is 6.34. The highest BCUT2D eigenvalue weighted by Crippen LogP contribution is 2.28. The lowest BCUT2D eigenvalue weighted by Gasteiger charge is -2.22. The predicted octanol–water partition coefficient (Wildman–Crippen LogP) is 3.24. The molecule has 158 valence electrons. The van der Waals surface area contributed by atoms with Gasteiger partial charge in [0.1, 0.15) is 11.5 Å². The van der Waals surface area contributed by atoms with Gasteiger partial charge in [0.15, 0.2) is 5.60 Å². The van der Waals surface area contributed by atoms with Gasteiger partial charge >= 0.3 is 5.97 Å². The molecular formula is C22H22ClNO6. The van der Waals surface area contributed by atoms with Crippen molar-refractivity contribution in [1.82, 2.24) is 5.32 Å². The number of carbonyl (C=O) groups is 2. The molecule has 1 atom stereocenters. The smallest absolute Gasteiger partial charge is 0.340 e. The van der Waals surface area contributed by atoms with E-state index < -0.39 is 11.6 Å². The molecule has 2 aromatic rings. The maximum atomic E-state index is 12.6. The number of amides is 1. The topological polar surface area (TPSA) is 94.1 Å². The Hall–Kier alpha value is -3.03. The average Bonchev–Trinajstić information content (AvgIpc) is 3.22. The van der Waals surface area contributed by atoms with Crippen molar-refractivity contribution >= 4 is 23.5 Å². The van der Waals surface area contributed by atoms with E-state index in [1.54, 1.807) is 48.6 Å². The molecule has 0 spiro atoms. The Balaban J connectivity index is 1.77. The Morgan fingerprint density at radius 1 is 1.20 bits per heavy atom. The summed E-state index contributed by atoms with van der Waals surface area (Å²) in [6.45, 7) is 0.433. The normalized spacial score (nSPS) is 17.6. The number of hydrogen-bond acceptors (Lipinski definition) is 5. The number of rotatable bonds is 8. The van der Waals surface area contributed by atoms with Crippen molar-refractivity contribution in [3.63, 3.8) is 0 Å². The van der Waals surface area contributed by atoms with E-state index in [1.807, 2.05) is 0 Å². The predicted molar refractivity (Wildman–Crippen MR) is 111 cm³/mol. The van der Waals surface area contributed by atoms with Gasteiger partial charge in [0.2, 0.25) is 0 Å². The minimum atomic E-state index is -1.38. The van der Waals surface area contributed by atoms with Crippen molar-refractivity contribution < 1.29 is 28.9 Å². The second-order valence-electron chi connectivity index (χ2n) is 6.76. The van der Waals surface area contributed by atoms with Crippen LogP contribution in [0.25, 0.3) is 0 Å². The number of halogens is 1. The third-order valence-electron chi connectivity index (χ3n) is 4.86. The molecule has 0 saturated heterocycles. The van der Waals surface area contributed by atoms with Crippen LogP contribution in [0.15, 0.2) is 48.6 Å². The first-order valence-corrected chi connectivity index (χ1v) is 9.59. The second kappa shape index (κ2) is 9.19. The summed E-state index contributed by atoms with van der Waals surface area (Å²) >= 11 is 6.17. The number of nitrogens with one attached hydrogen (secondary N) is 1. The monoisotopic (exact) mass is 431 g/mol. The molecule has 0 radical (unpaired) electrons. The quantitative estimate of drug-likeness (QED) is 0.623. The van der Waals surface area contributed by atoms with Crippen molar-refractivity contribution in [2.75, 3.05) is 20.8 Å². The van der Waals surface area contributed by atoms with Crippen LogP contribution >= 0.6 is 11.6 Å². The van der Waals surface area contributed by atoms with Crippen LogP contribution < -0.4 is 14.8 Å². The maximum absolute atomic E-state index is 12.6. The van der Waals surface area contributed by atoms with Crippen LogP contribution in [-0.4, -0.2) is 43.4 Å². The van der Waals surface area contributed by atoms with Crippen molar-refractivity contribution in [2.24, 2.45) is 0 Å². The van der Waals surface area contributed by atoms with Gasteiger partial charge in [-0.1, -0.05) is 29.8 Å². The van der Waals surface area contributed by atoms with Crippen molar-refractivity contribution in [1.29, 1.82) is 0 Å².